The van der Waals surface area contributed by atoms with E-state index in [-0.39, 0.29) is 28.6 Å². The largest absolute Gasteiger partial charge is 0.497 e. The number of sulfonamides is 1. The summed E-state index contributed by atoms with van der Waals surface area (Å²) in [5.41, 5.74) is 4.05. The van der Waals surface area contributed by atoms with Crippen LogP contribution in [0.4, 0.5) is 5.69 Å². The van der Waals surface area contributed by atoms with Gasteiger partial charge in [-0.15, -0.1) is 0 Å². The van der Waals surface area contributed by atoms with Gasteiger partial charge in [0.25, 0.3) is 11.8 Å². The molecule has 10 heteroatoms. The predicted octanol–water partition coefficient (Wildman–Crippen LogP) is 5.27. The number of amides is 2. The Morgan fingerprint density at radius 2 is 1.41 bits per heavy atom. The lowest BCUT2D eigenvalue weighted by Crippen LogP contribution is -2.30. The molecule has 244 valence electrons. The monoisotopic (exact) mass is 644 g/mol. The van der Waals surface area contributed by atoms with E-state index >= 15 is 0 Å². The molecule has 0 aliphatic heterocycles. The van der Waals surface area contributed by atoms with Crippen molar-refractivity contribution in [2.24, 2.45) is 0 Å². The molecule has 46 heavy (non-hydrogen) atoms. The summed E-state index contributed by atoms with van der Waals surface area (Å²) in [6.45, 7) is 4.22. The van der Waals surface area contributed by atoms with E-state index in [1.807, 2.05) is 72.8 Å². The summed E-state index contributed by atoms with van der Waals surface area (Å²) >= 11 is 0. The molecule has 0 atom stereocenters. The Balaban J connectivity index is 0.000000724. The molecule has 4 aromatic carbocycles. The number of carbonyl (C=O) groups is 2. The molecule has 0 aromatic heterocycles. The van der Waals surface area contributed by atoms with Crippen LogP contribution in [0, 0.1) is 6.92 Å². The van der Waals surface area contributed by atoms with Gasteiger partial charge in [-0.05, 0) is 61.3 Å². The van der Waals surface area contributed by atoms with Crippen LogP contribution in [0.2, 0.25) is 0 Å². The zero-order valence-corrected chi connectivity index (χ0v) is 28.0. The van der Waals surface area contributed by atoms with E-state index in [4.69, 9.17) is 4.74 Å². The molecule has 0 saturated heterocycles. The fourth-order valence-corrected chi connectivity index (χ4v) is 4.94. The highest BCUT2D eigenvalue weighted by Gasteiger charge is 2.20. The van der Waals surface area contributed by atoms with E-state index in [0.29, 0.717) is 32.6 Å². The number of hydrogen-bond acceptors (Lipinski definition) is 6. The molecule has 2 amide bonds. The van der Waals surface area contributed by atoms with Crippen molar-refractivity contribution in [3.63, 3.8) is 0 Å². The Morgan fingerprint density at radius 1 is 0.783 bits per heavy atom. The highest BCUT2D eigenvalue weighted by atomic mass is 32.2. The van der Waals surface area contributed by atoms with Crippen molar-refractivity contribution < 1.29 is 22.7 Å². The van der Waals surface area contributed by atoms with Crippen molar-refractivity contribution in [2.45, 2.75) is 26.4 Å². The molecule has 0 aliphatic carbocycles. The number of nitrogens with one attached hydrogen (secondary N) is 2. The van der Waals surface area contributed by atoms with Gasteiger partial charge < -0.3 is 20.3 Å². The van der Waals surface area contributed by atoms with E-state index in [1.54, 1.807) is 14.2 Å². The summed E-state index contributed by atoms with van der Waals surface area (Å²) in [6, 6.07) is 32.1. The Bertz CT molecular complexity index is 1660. The molecule has 0 saturated carbocycles. The highest BCUT2D eigenvalue weighted by Crippen LogP contribution is 2.22. The van der Waals surface area contributed by atoms with Gasteiger partial charge in [0, 0.05) is 44.9 Å². The van der Waals surface area contributed by atoms with Crippen molar-refractivity contribution in [1.29, 1.82) is 0 Å². The Labute approximate surface area is 273 Å². The smallest absolute Gasteiger partial charge is 0.253 e. The Kier molecular flexibility index (Phi) is 13.8. The first kappa shape index (κ1) is 35.8. The third-order valence-corrected chi connectivity index (χ3v) is 8.32. The van der Waals surface area contributed by atoms with Crippen LogP contribution < -0.4 is 19.7 Å². The summed E-state index contributed by atoms with van der Waals surface area (Å²) in [4.78, 5) is 27.8. The third kappa shape index (κ3) is 11.7. The van der Waals surface area contributed by atoms with Crippen molar-refractivity contribution >= 4 is 27.5 Å². The molecule has 0 fully saturated rings. The molecule has 0 aliphatic rings. The van der Waals surface area contributed by atoms with Crippen LogP contribution in [0.5, 0.6) is 5.75 Å². The standard InChI is InChI=1S/C29H36N4O5S.C7H8/c1-32(21-22-10-6-5-7-11-22)29(35)25-17-24(18-26(19-25)33(2)39(4,36)37)28(34)31-15-9-14-30-20-23-12-8-13-27(16-23)38-3;1-7-5-3-2-4-6-7/h5-8,10-13,16-19,30H,9,14-15,20-21H2,1-4H3,(H,31,34);2-6H,1H3. The molecule has 0 radical (unpaired) electrons. The maximum atomic E-state index is 13.2. The van der Waals surface area contributed by atoms with Crippen LogP contribution in [-0.2, 0) is 23.1 Å². The summed E-state index contributed by atoms with van der Waals surface area (Å²) in [6.07, 6.45) is 1.76. The minimum absolute atomic E-state index is 0.212. The minimum atomic E-state index is -3.60. The molecule has 0 heterocycles. The lowest BCUT2D eigenvalue weighted by Gasteiger charge is -2.21. The average molecular weight is 645 g/mol. The minimum Gasteiger partial charge on any atom is -0.497 e. The fraction of sp³-hybridized carbons (Fsp3) is 0.278. The zero-order chi connectivity index (χ0) is 33.5. The first-order valence-corrected chi connectivity index (χ1v) is 16.8. The third-order valence-electron chi connectivity index (χ3n) is 7.12. The van der Waals surface area contributed by atoms with Crippen molar-refractivity contribution in [3.05, 3.63) is 131 Å². The average Bonchev–Trinajstić information content (AvgIpc) is 3.06. The van der Waals surface area contributed by atoms with Crippen LogP contribution in [0.3, 0.4) is 0 Å². The van der Waals surface area contributed by atoms with E-state index in [0.717, 1.165) is 27.4 Å². The number of hydrogen-bond donors (Lipinski definition) is 2. The van der Waals surface area contributed by atoms with Gasteiger partial charge in [-0.3, -0.25) is 13.9 Å². The number of nitrogens with zero attached hydrogens (tertiary/aromatic N) is 2. The van der Waals surface area contributed by atoms with Gasteiger partial charge in [-0.25, -0.2) is 8.42 Å². The van der Waals surface area contributed by atoms with Crippen LogP contribution in [-0.4, -0.2) is 65.7 Å². The second-order valence-electron chi connectivity index (χ2n) is 10.9. The summed E-state index contributed by atoms with van der Waals surface area (Å²) in [5, 5.41) is 6.20. The van der Waals surface area contributed by atoms with Crippen LogP contribution >= 0.6 is 0 Å². The Hall–Kier alpha value is -4.67. The summed E-state index contributed by atoms with van der Waals surface area (Å²) in [5.74, 6) is 0.0964. The molecule has 9 nitrogen and oxygen atoms in total. The predicted molar refractivity (Wildman–Crippen MR) is 185 cm³/mol. The number of methoxy groups -OCH3 is 1. The maximum absolute atomic E-state index is 13.2. The van der Waals surface area contributed by atoms with Gasteiger partial charge in [0.15, 0.2) is 0 Å². The van der Waals surface area contributed by atoms with Crippen molar-refractivity contribution in [3.8, 4) is 5.75 Å². The topological polar surface area (TPSA) is 108 Å². The number of ether oxygens (including phenoxy) is 1. The Morgan fingerprint density at radius 3 is 2.02 bits per heavy atom. The number of carbonyl (C=O) groups excluding carboxylic acids is 2. The van der Waals surface area contributed by atoms with Gasteiger partial charge in [0.2, 0.25) is 10.0 Å². The summed E-state index contributed by atoms with van der Waals surface area (Å²) in [7, 11) is 1.09. The lowest BCUT2D eigenvalue weighted by atomic mass is 10.1. The molecule has 0 unspecified atom stereocenters. The molecule has 4 aromatic rings. The molecular formula is C36H44N4O5S. The number of rotatable bonds is 13. The van der Waals surface area contributed by atoms with Crippen molar-refractivity contribution in [1.82, 2.24) is 15.5 Å². The fourth-order valence-electron chi connectivity index (χ4n) is 4.46. The second kappa shape index (κ2) is 17.7. The molecule has 0 bridgehead atoms. The van der Waals surface area contributed by atoms with Crippen molar-refractivity contribution in [2.75, 3.05) is 44.9 Å². The number of aryl methyl sites for hydroxylation is 1. The van der Waals surface area contributed by atoms with E-state index in [2.05, 4.69) is 29.7 Å². The molecule has 4 rings (SSSR count). The first-order chi connectivity index (χ1) is 22.0. The quantitative estimate of drug-likeness (QED) is 0.192. The zero-order valence-electron chi connectivity index (χ0n) is 27.2. The molecule has 2 N–H and O–H groups in total. The van der Waals surface area contributed by atoms with E-state index < -0.39 is 10.0 Å². The van der Waals surface area contributed by atoms with Gasteiger partial charge in [-0.1, -0.05) is 78.4 Å². The normalized spacial score (nSPS) is 10.7. The summed E-state index contributed by atoms with van der Waals surface area (Å²) < 4.78 is 30.7. The van der Waals surface area contributed by atoms with Crippen LogP contribution in [0.25, 0.3) is 0 Å². The van der Waals surface area contributed by atoms with Crippen LogP contribution in [0.1, 0.15) is 43.8 Å². The lowest BCUT2D eigenvalue weighted by molar-refractivity contribution is 0.0785. The number of benzene rings is 4. The molecule has 0 spiro atoms. The van der Waals surface area contributed by atoms with Gasteiger partial charge >= 0.3 is 0 Å². The first-order valence-electron chi connectivity index (χ1n) is 15.0. The maximum Gasteiger partial charge on any atom is 0.253 e. The van der Waals surface area contributed by atoms with Crippen LogP contribution in [0.15, 0.2) is 103 Å². The SMILES string of the molecule is COc1cccc(CNCCCNC(=O)c2cc(C(=O)N(C)Cc3ccccc3)cc(N(C)S(C)(=O)=O)c2)c1.Cc1ccccc1. The van der Waals surface area contributed by atoms with Gasteiger partial charge in [-0.2, -0.15) is 0 Å². The molecular weight excluding hydrogens is 600 g/mol. The van der Waals surface area contributed by atoms with Gasteiger partial charge in [0.1, 0.15) is 5.75 Å². The second-order valence-corrected chi connectivity index (χ2v) is 13.0. The van der Waals surface area contributed by atoms with E-state index in [9.17, 15) is 18.0 Å². The van der Waals surface area contributed by atoms with E-state index in [1.165, 1.54) is 35.7 Å². The highest BCUT2D eigenvalue weighted by molar-refractivity contribution is 7.92. The number of anilines is 1. The van der Waals surface area contributed by atoms with Gasteiger partial charge in [0.05, 0.1) is 19.1 Å².